The number of amides is 1. The second kappa shape index (κ2) is 6.30. The molecule has 2 fully saturated rings. The summed E-state index contributed by atoms with van der Waals surface area (Å²) in [4.78, 5) is 24.1. The number of rotatable bonds is 3. The zero-order valence-corrected chi connectivity index (χ0v) is 13.1. The minimum atomic E-state index is -0.698. The van der Waals surface area contributed by atoms with Crippen LogP contribution in [0.25, 0.3) is 0 Å². The van der Waals surface area contributed by atoms with Gasteiger partial charge < -0.3 is 10.0 Å². The van der Waals surface area contributed by atoms with Crippen LogP contribution in [0.2, 0.25) is 0 Å². The Balaban J connectivity index is 1.64. The summed E-state index contributed by atoms with van der Waals surface area (Å²) in [5.41, 5.74) is 0.293. The van der Waals surface area contributed by atoms with E-state index in [1.807, 2.05) is 11.1 Å². The van der Waals surface area contributed by atoms with E-state index in [9.17, 15) is 9.90 Å². The van der Waals surface area contributed by atoms with E-state index in [0.29, 0.717) is 32.5 Å². The minimum absolute atomic E-state index is 0.0978. The SMILES string of the molecule is CC(=O)N1CCC(O)(CN2CCCC2c2cnccn2)CC1. The third-order valence-corrected chi connectivity index (χ3v) is 4.93. The summed E-state index contributed by atoms with van der Waals surface area (Å²) in [6.07, 6.45) is 8.73. The van der Waals surface area contributed by atoms with Crippen molar-refractivity contribution in [3.8, 4) is 0 Å². The van der Waals surface area contributed by atoms with Crippen LogP contribution in [0, 0.1) is 0 Å². The molecule has 2 saturated heterocycles. The Morgan fingerprint density at radius 1 is 1.36 bits per heavy atom. The van der Waals surface area contributed by atoms with Gasteiger partial charge in [0, 0.05) is 45.1 Å². The van der Waals surface area contributed by atoms with Gasteiger partial charge in [-0.1, -0.05) is 0 Å². The second-order valence-corrected chi connectivity index (χ2v) is 6.49. The number of likely N-dealkylation sites (tertiary alicyclic amines) is 2. The number of carbonyl (C=O) groups is 1. The van der Waals surface area contributed by atoms with E-state index >= 15 is 0 Å². The molecule has 0 aliphatic carbocycles. The molecule has 1 N–H and O–H groups in total. The molecule has 1 aromatic rings. The Morgan fingerprint density at radius 3 is 2.77 bits per heavy atom. The summed E-state index contributed by atoms with van der Waals surface area (Å²) >= 11 is 0. The van der Waals surface area contributed by atoms with Gasteiger partial charge in [-0.25, -0.2) is 0 Å². The predicted molar refractivity (Wildman–Crippen MR) is 82.0 cm³/mol. The van der Waals surface area contributed by atoms with Crippen LogP contribution in [0.4, 0.5) is 0 Å². The van der Waals surface area contributed by atoms with Gasteiger partial charge in [-0.15, -0.1) is 0 Å². The molecule has 0 radical (unpaired) electrons. The first-order chi connectivity index (χ1) is 10.6. The molecule has 2 aliphatic heterocycles. The maximum atomic E-state index is 11.4. The van der Waals surface area contributed by atoms with Crippen LogP contribution in [0.5, 0.6) is 0 Å². The van der Waals surface area contributed by atoms with Gasteiger partial charge >= 0.3 is 0 Å². The largest absolute Gasteiger partial charge is 0.388 e. The van der Waals surface area contributed by atoms with E-state index in [1.54, 1.807) is 19.3 Å². The Bertz CT molecular complexity index is 514. The van der Waals surface area contributed by atoms with Gasteiger partial charge in [-0.2, -0.15) is 0 Å². The average molecular weight is 304 g/mol. The number of aliphatic hydroxyl groups is 1. The standard InChI is InChI=1S/C16H24N4O2/c1-13(21)19-9-4-16(22,5-10-19)12-20-8-2-3-15(20)14-11-17-6-7-18-14/h6-7,11,15,22H,2-5,8-10,12H2,1H3. The van der Waals surface area contributed by atoms with Gasteiger partial charge in [-0.3, -0.25) is 19.7 Å². The highest BCUT2D eigenvalue weighted by Crippen LogP contribution is 2.34. The zero-order chi connectivity index (χ0) is 15.6. The lowest BCUT2D eigenvalue weighted by Gasteiger charge is -2.41. The number of piperidine rings is 1. The predicted octanol–water partition coefficient (Wildman–Crippen LogP) is 0.987. The first-order valence-electron chi connectivity index (χ1n) is 8.05. The second-order valence-electron chi connectivity index (χ2n) is 6.49. The van der Waals surface area contributed by atoms with Crippen LogP contribution < -0.4 is 0 Å². The van der Waals surface area contributed by atoms with Crippen LogP contribution >= 0.6 is 0 Å². The van der Waals surface area contributed by atoms with Gasteiger partial charge in [0.2, 0.25) is 5.91 Å². The van der Waals surface area contributed by atoms with Crippen molar-refractivity contribution in [2.45, 2.75) is 44.2 Å². The third-order valence-electron chi connectivity index (χ3n) is 4.93. The summed E-state index contributed by atoms with van der Waals surface area (Å²) in [6, 6.07) is 0.253. The topological polar surface area (TPSA) is 69.6 Å². The number of carbonyl (C=O) groups excluding carboxylic acids is 1. The van der Waals surface area contributed by atoms with Crippen molar-refractivity contribution in [1.82, 2.24) is 19.8 Å². The van der Waals surface area contributed by atoms with Crippen molar-refractivity contribution in [2.24, 2.45) is 0 Å². The molecule has 6 nitrogen and oxygen atoms in total. The van der Waals surface area contributed by atoms with Gasteiger partial charge in [0.1, 0.15) is 0 Å². The zero-order valence-electron chi connectivity index (χ0n) is 13.1. The summed E-state index contributed by atoms with van der Waals surface area (Å²) in [5, 5.41) is 10.9. The highest BCUT2D eigenvalue weighted by atomic mass is 16.3. The van der Waals surface area contributed by atoms with E-state index in [4.69, 9.17) is 0 Å². The average Bonchev–Trinajstić information content (AvgIpc) is 2.96. The fraction of sp³-hybridized carbons (Fsp3) is 0.688. The fourth-order valence-corrected chi connectivity index (χ4v) is 3.61. The Hall–Kier alpha value is -1.53. The molecule has 2 aliphatic rings. The molecular weight excluding hydrogens is 280 g/mol. The van der Waals surface area contributed by atoms with Crippen molar-refractivity contribution in [3.63, 3.8) is 0 Å². The number of hydrogen-bond acceptors (Lipinski definition) is 5. The molecule has 0 aromatic carbocycles. The van der Waals surface area contributed by atoms with E-state index < -0.39 is 5.60 Å². The summed E-state index contributed by atoms with van der Waals surface area (Å²) in [7, 11) is 0. The van der Waals surface area contributed by atoms with Crippen molar-refractivity contribution in [1.29, 1.82) is 0 Å². The highest BCUT2D eigenvalue weighted by molar-refractivity contribution is 5.73. The Labute approximate surface area is 131 Å². The molecule has 0 spiro atoms. The first kappa shape index (κ1) is 15.4. The van der Waals surface area contributed by atoms with Gasteiger partial charge in [0.05, 0.1) is 17.3 Å². The minimum Gasteiger partial charge on any atom is -0.388 e. The Morgan fingerprint density at radius 2 is 2.14 bits per heavy atom. The highest BCUT2D eigenvalue weighted by Gasteiger charge is 2.38. The molecule has 0 saturated carbocycles. The van der Waals surface area contributed by atoms with E-state index in [0.717, 1.165) is 25.1 Å². The van der Waals surface area contributed by atoms with Crippen LogP contribution in [0.15, 0.2) is 18.6 Å². The molecule has 0 bridgehead atoms. The monoisotopic (exact) mass is 304 g/mol. The van der Waals surface area contributed by atoms with Crippen LogP contribution in [0.1, 0.15) is 44.3 Å². The molecular formula is C16H24N4O2. The lowest BCUT2D eigenvalue weighted by atomic mass is 9.90. The van der Waals surface area contributed by atoms with Crippen LogP contribution in [-0.4, -0.2) is 62.6 Å². The molecule has 1 unspecified atom stereocenters. The molecule has 1 atom stereocenters. The molecule has 3 heterocycles. The number of nitrogens with zero attached hydrogens (tertiary/aromatic N) is 4. The summed E-state index contributed by atoms with van der Waals surface area (Å²) in [6.45, 7) is 4.53. The molecule has 6 heteroatoms. The third kappa shape index (κ3) is 3.28. The van der Waals surface area contributed by atoms with E-state index in [-0.39, 0.29) is 11.9 Å². The van der Waals surface area contributed by atoms with E-state index in [2.05, 4.69) is 14.9 Å². The van der Waals surface area contributed by atoms with Gasteiger partial charge in [-0.05, 0) is 32.2 Å². The molecule has 1 amide bonds. The normalized spacial score (nSPS) is 25.4. The molecule has 22 heavy (non-hydrogen) atoms. The number of β-amino-alcohol motifs (C(OH)–C–C–N with tert-alkyl or cyclic N) is 1. The maximum Gasteiger partial charge on any atom is 0.219 e. The van der Waals surface area contributed by atoms with Gasteiger partial charge in [0.15, 0.2) is 0 Å². The number of hydrogen-bond donors (Lipinski definition) is 1. The van der Waals surface area contributed by atoms with Crippen LogP contribution in [-0.2, 0) is 4.79 Å². The van der Waals surface area contributed by atoms with Crippen molar-refractivity contribution < 1.29 is 9.90 Å². The molecule has 120 valence electrons. The number of aromatic nitrogens is 2. The molecule has 1 aromatic heterocycles. The molecule has 3 rings (SSSR count). The van der Waals surface area contributed by atoms with Crippen molar-refractivity contribution >= 4 is 5.91 Å². The Kier molecular flexibility index (Phi) is 4.40. The fourth-order valence-electron chi connectivity index (χ4n) is 3.61. The summed E-state index contributed by atoms with van der Waals surface area (Å²) in [5.74, 6) is 0.0978. The van der Waals surface area contributed by atoms with Gasteiger partial charge in [0.25, 0.3) is 0 Å². The lowest BCUT2D eigenvalue weighted by molar-refractivity contribution is -0.133. The van der Waals surface area contributed by atoms with Crippen molar-refractivity contribution in [2.75, 3.05) is 26.2 Å². The quantitative estimate of drug-likeness (QED) is 0.902. The first-order valence-corrected chi connectivity index (χ1v) is 8.05. The maximum absolute atomic E-state index is 11.4. The smallest absolute Gasteiger partial charge is 0.219 e. The summed E-state index contributed by atoms with van der Waals surface area (Å²) < 4.78 is 0. The van der Waals surface area contributed by atoms with Crippen molar-refractivity contribution in [3.05, 3.63) is 24.3 Å². The van der Waals surface area contributed by atoms with E-state index in [1.165, 1.54) is 0 Å². The van der Waals surface area contributed by atoms with Crippen LogP contribution in [0.3, 0.4) is 0 Å². The lowest BCUT2D eigenvalue weighted by Crippen LogP contribution is -2.51.